The summed E-state index contributed by atoms with van der Waals surface area (Å²) in [6.45, 7) is 8.07. The average molecular weight is 505 g/mol. The molecular formula is C27H28N4O4S. The van der Waals surface area contributed by atoms with Gasteiger partial charge in [-0.15, -0.1) is 22.0 Å². The summed E-state index contributed by atoms with van der Waals surface area (Å²) in [5.41, 5.74) is 5.50. The van der Waals surface area contributed by atoms with E-state index in [0.29, 0.717) is 17.7 Å². The number of nitrogens with zero attached hydrogens (tertiary/aromatic N) is 3. The Morgan fingerprint density at radius 1 is 1.19 bits per heavy atom. The lowest BCUT2D eigenvalue weighted by Gasteiger charge is -2.19. The number of azo groups is 1. The van der Waals surface area contributed by atoms with E-state index in [1.807, 2.05) is 19.1 Å². The lowest BCUT2D eigenvalue weighted by atomic mass is 9.86. The normalized spacial score (nSPS) is 18.6. The topological polar surface area (TPSA) is 120 Å². The Morgan fingerprint density at radius 2 is 1.97 bits per heavy atom. The number of allylic oxidation sites excluding steroid dienone is 1. The van der Waals surface area contributed by atoms with Crippen LogP contribution in [0, 0.1) is 13.8 Å². The maximum absolute atomic E-state index is 13.3. The van der Waals surface area contributed by atoms with Crippen LogP contribution >= 0.6 is 11.8 Å². The van der Waals surface area contributed by atoms with Crippen molar-refractivity contribution in [3.63, 3.8) is 0 Å². The maximum atomic E-state index is 13.3. The fourth-order valence-electron chi connectivity index (χ4n) is 4.98. The lowest BCUT2D eigenvalue weighted by molar-refractivity contribution is -0.131. The summed E-state index contributed by atoms with van der Waals surface area (Å²) in [5.74, 6) is -1.03. The monoisotopic (exact) mass is 504 g/mol. The molecule has 36 heavy (non-hydrogen) atoms. The minimum Gasteiger partial charge on any atom is -0.505 e. The van der Waals surface area contributed by atoms with Crippen LogP contribution in [-0.4, -0.2) is 26.0 Å². The summed E-state index contributed by atoms with van der Waals surface area (Å²) in [4.78, 5) is 24.8. The van der Waals surface area contributed by atoms with Gasteiger partial charge in [-0.05, 0) is 73.4 Å². The molecule has 2 heterocycles. The summed E-state index contributed by atoms with van der Waals surface area (Å²) in [5, 5.41) is 31.5. The molecule has 0 saturated heterocycles. The molecule has 5 rings (SSSR count). The molecular weight excluding hydrogens is 476 g/mol. The number of aryl methyl sites for hydroxylation is 3. The molecule has 3 N–H and O–H groups in total. The maximum Gasteiger partial charge on any atom is 0.341 e. The first-order valence-electron chi connectivity index (χ1n) is 11.9. The Hall–Kier alpha value is -3.59. The second kappa shape index (κ2) is 8.81. The van der Waals surface area contributed by atoms with E-state index >= 15 is 0 Å². The van der Waals surface area contributed by atoms with Gasteiger partial charge in [0.05, 0.1) is 16.3 Å². The molecule has 2 aliphatic rings. The number of fused-ring (bicyclic) bond motifs is 1. The number of thioether (sulfide) groups is 1. The van der Waals surface area contributed by atoms with E-state index in [-0.39, 0.29) is 38.3 Å². The first-order chi connectivity index (χ1) is 17.0. The second-order valence-electron chi connectivity index (χ2n) is 10.1. The zero-order valence-electron chi connectivity index (χ0n) is 20.6. The number of carboxylic acid groups (broad SMARTS) is 1. The van der Waals surface area contributed by atoms with Gasteiger partial charge in [-0.25, -0.2) is 9.48 Å². The highest BCUT2D eigenvalue weighted by Gasteiger charge is 2.30. The predicted molar refractivity (Wildman–Crippen MR) is 140 cm³/mol. The van der Waals surface area contributed by atoms with Gasteiger partial charge < -0.3 is 10.2 Å². The summed E-state index contributed by atoms with van der Waals surface area (Å²) < 4.78 is 1.48. The van der Waals surface area contributed by atoms with Crippen molar-refractivity contribution < 1.29 is 15.0 Å². The van der Waals surface area contributed by atoms with Crippen LogP contribution in [0.15, 0.2) is 56.3 Å². The molecule has 1 unspecified atom stereocenters. The molecule has 1 atom stereocenters. The Labute approximate surface area is 212 Å². The first kappa shape index (κ1) is 24.1. The molecule has 0 fully saturated rings. The van der Waals surface area contributed by atoms with Gasteiger partial charge in [-0.2, -0.15) is 0 Å². The molecule has 0 radical (unpaired) electrons. The molecule has 0 spiro atoms. The van der Waals surface area contributed by atoms with E-state index in [1.54, 1.807) is 19.1 Å². The van der Waals surface area contributed by atoms with Crippen LogP contribution in [0.1, 0.15) is 59.9 Å². The molecule has 2 aromatic carbocycles. The number of hydrogen-bond acceptors (Lipinski definition) is 6. The number of phenolic OH excluding ortho intramolecular Hbond substituents is 1. The number of carbonyl (C=O) groups is 1. The number of benzene rings is 2. The highest BCUT2D eigenvalue weighted by atomic mass is 32.2. The minimum atomic E-state index is -0.972. The second-order valence-corrected chi connectivity index (χ2v) is 11.3. The molecule has 0 amide bonds. The molecule has 1 aliphatic carbocycles. The van der Waals surface area contributed by atoms with Crippen LogP contribution in [-0.2, 0) is 16.6 Å². The van der Waals surface area contributed by atoms with Gasteiger partial charge in [0.25, 0.3) is 5.56 Å². The van der Waals surface area contributed by atoms with E-state index in [0.717, 1.165) is 24.1 Å². The minimum absolute atomic E-state index is 0.0590. The van der Waals surface area contributed by atoms with Crippen LogP contribution in [0.2, 0.25) is 0 Å². The Kier molecular flexibility index (Phi) is 5.90. The predicted octanol–water partition coefficient (Wildman–Crippen LogP) is 6.27. The van der Waals surface area contributed by atoms with Gasteiger partial charge >= 0.3 is 5.97 Å². The lowest BCUT2D eigenvalue weighted by Crippen LogP contribution is -2.16. The van der Waals surface area contributed by atoms with E-state index in [4.69, 9.17) is 0 Å². The van der Waals surface area contributed by atoms with Gasteiger partial charge in [0.2, 0.25) is 0 Å². The third-order valence-electron chi connectivity index (χ3n) is 7.01. The van der Waals surface area contributed by atoms with Gasteiger partial charge in [-0.3, -0.25) is 9.89 Å². The zero-order chi connectivity index (χ0) is 25.8. The third kappa shape index (κ3) is 4.17. The number of H-pyrrole nitrogens is 1. The molecule has 186 valence electrons. The third-order valence-corrected chi connectivity index (χ3v) is 8.33. The number of nitrogens with one attached hydrogen (secondary N) is 1. The van der Waals surface area contributed by atoms with Crippen molar-refractivity contribution in [3.8, 4) is 11.4 Å². The molecule has 1 aliphatic heterocycles. The molecule has 9 heteroatoms. The molecule has 1 aromatic heterocycles. The number of rotatable bonds is 5. The number of aliphatic carboxylic acids is 1. The van der Waals surface area contributed by atoms with E-state index in [9.17, 15) is 19.8 Å². The van der Waals surface area contributed by atoms with Crippen LogP contribution in [0.25, 0.3) is 5.69 Å². The van der Waals surface area contributed by atoms with Crippen molar-refractivity contribution in [2.45, 2.75) is 57.6 Å². The largest absolute Gasteiger partial charge is 0.505 e. The van der Waals surface area contributed by atoms with Gasteiger partial charge in [-0.1, -0.05) is 32.1 Å². The Morgan fingerprint density at radius 3 is 2.69 bits per heavy atom. The first-order valence-corrected chi connectivity index (χ1v) is 12.7. The highest BCUT2D eigenvalue weighted by molar-refractivity contribution is 8.04. The van der Waals surface area contributed by atoms with Crippen LogP contribution < -0.4 is 5.56 Å². The van der Waals surface area contributed by atoms with Crippen molar-refractivity contribution in [2.75, 3.05) is 0 Å². The fourth-order valence-corrected chi connectivity index (χ4v) is 6.07. The fraction of sp³-hybridized carbons (Fsp3) is 0.333. The number of aromatic nitrogens is 2. The smallest absolute Gasteiger partial charge is 0.341 e. The van der Waals surface area contributed by atoms with Crippen LogP contribution in [0.5, 0.6) is 5.75 Å². The van der Waals surface area contributed by atoms with Crippen molar-refractivity contribution in [1.82, 2.24) is 9.78 Å². The zero-order valence-corrected chi connectivity index (χ0v) is 21.4. The van der Waals surface area contributed by atoms with Crippen molar-refractivity contribution >= 4 is 29.1 Å². The summed E-state index contributed by atoms with van der Waals surface area (Å²) in [6, 6.07) is 9.61. The number of hydrogen-bond donors (Lipinski definition) is 3. The number of carboxylic acids is 1. The molecule has 0 bridgehead atoms. The Bertz CT molecular complexity index is 1510. The highest BCUT2D eigenvalue weighted by Crippen LogP contribution is 2.49. The van der Waals surface area contributed by atoms with Crippen LogP contribution in [0.3, 0.4) is 0 Å². The van der Waals surface area contributed by atoms with Gasteiger partial charge in [0.15, 0.2) is 5.69 Å². The quantitative estimate of drug-likeness (QED) is 0.354. The van der Waals surface area contributed by atoms with Crippen molar-refractivity contribution in [2.24, 2.45) is 10.2 Å². The summed E-state index contributed by atoms with van der Waals surface area (Å²) in [6.07, 6.45) is 4.28. The van der Waals surface area contributed by atoms with Gasteiger partial charge in [0, 0.05) is 10.8 Å². The number of phenols is 1. The van der Waals surface area contributed by atoms with Crippen LogP contribution in [0.4, 0.5) is 11.4 Å². The van der Waals surface area contributed by atoms with Gasteiger partial charge in [0.1, 0.15) is 11.4 Å². The number of aromatic hydroxyl groups is 1. The summed E-state index contributed by atoms with van der Waals surface area (Å²) >= 11 is 1.20. The molecule has 0 saturated carbocycles. The van der Waals surface area contributed by atoms with E-state index in [1.165, 1.54) is 27.6 Å². The van der Waals surface area contributed by atoms with Crippen molar-refractivity contribution in [1.29, 1.82) is 0 Å². The molecule has 8 nitrogen and oxygen atoms in total. The van der Waals surface area contributed by atoms with E-state index < -0.39 is 5.97 Å². The van der Waals surface area contributed by atoms with Crippen molar-refractivity contribution in [3.05, 3.63) is 79.6 Å². The summed E-state index contributed by atoms with van der Waals surface area (Å²) in [7, 11) is 0. The average Bonchev–Trinajstić information content (AvgIpc) is 3.51. The Balaban J connectivity index is 1.47. The molecule has 3 aromatic rings. The SMILES string of the molecule is Cc1cc(N=Nc2c(C)[nH]n(-c3ccc4c(c3)C(C)(C)CC4)c2=O)c(O)c(C2CC=C(C(=O)O)S2)c1. The standard InChI is InChI=1S/C27H28N4O4S/c1-14-11-18(21-7-8-22(36-21)26(34)35)24(32)20(12-14)28-29-23-15(2)30-31(25(23)33)17-6-5-16-9-10-27(3,4)19(16)13-17/h5-6,8,11-13,21,30,32H,7,9-10H2,1-4H3,(H,34,35). The number of aromatic amines is 1. The van der Waals surface area contributed by atoms with E-state index in [2.05, 4.69) is 41.3 Å².